The zero-order valence-electron chi connectivity index (χ0n) is 10.3. The van der Waals surface area contributed by atoms with Gasteiger partial charge in [-0.15, -0.1) is 0 Å². The number of anilines is 1. The second-order valence-electron chi connectivity index (χ2n) is 5.28. The molecule has 3 atom stereocenters. The molecule has 0 spiro atoms. The molecule has 94 valence electrons. The summed E-state index contributed by atoms with van der Waals surface area (Å²) in [5.41, 5.74) is 0.886. The lowest BCUT2D eigenvalue weighted by Crippen LogP contribution is -2.33. The maximum atomic E-state index is 13.4. The lowest BCUT2D eigenvalue weighted by molar-refractivity contribution is 0.276. The van der Waals surface area contributed by atoms with E-state index in [-0.39, 0.29) is 5.82 Å². The molecular formula is C14H19BrFN. The summed E-state index contributed by atoms with van der Waals surface area (Å²) in [5.74, 6) is 1.28. The zero-order valence-corrected chi connectivity index (χ0v) is 11.9. The van der Waals surface area contributed by atoms with Crippen molar-refractivity contribution >= 4 is 21.6 Å². The van der Waals surface area contributed by atoms with E-state index in [9.17, 15) is 4.39 Å². The molecule has 1 N–H and O–H groups in total. The highest BCUT2D eigenvalue weighted by Gasteiger charge is 2.25. The second kappa shape index (κ2) is 5.38. The molecule has 3 heteroatoms. The lowest BCUT2D eigenvalue weighted by Gasteiger charge is -2.33. The molecule has 1 aromatic carbocycles. The molecule has 2 rings (SSSR count). The van der Waals surface area contributed by atoms with Gasteiger partial charge in [-0.05, 0) is 65.2 Å². The van der Waals surface area contributed by atoms with Crippen molar-refractivity contribution in [3.63, 3.8) is 0 Å². The van der Waals surface area contributed by atoms with Gasteiger partial charge in [-0.25, -0.2) is 4.39 Å². The normalized spacial score (nSPS) is 29.1. The molecule has 0 radical (unpaired) electrons. The van der Waals surface area contributed by atoms with Crippen LogP contribution in [0.25, 0.3) is 0 Å². The molecule has 0 heterocycles. The van der Waals surface area contributed by atoms with Gasteiger partial charge in [0.1, 0.15) is 5.82 Å². The van der Waals surface area contributed by atoms with Crippen molar-refractivity contribution < 1.29 is 4.39 Å². The first-order valence-electron chi connectivity index (χ1n) is 6.28. The van der Waals surface area contributed by atoms with Gasteiger partial charge < -0.3 is 5.32 Å². The highest BCUT2D eigenvalue weighted by atomic mass is 79.9. The number of benzene rings is 1. The Morgan fingerprint density at radius 2 is 2.06 bits per heavy atom. The Morgan fingerprint density at radius 1 is 1.29 bits per heavy atom. The largest absolute Gasteiger partial charge is 0.382 e. The van der Waals surface area contributed by atoms with Gasteiger partial charge in [-0.1, -0.05) is 13.8 Å². The van der Waals surface area contributed by atoms with Crippen molar-refractivity contribution in [2.45, 2.75) is 39.2 Å². The molecule has 3 unspecified atom stereocenters. The lowest BCUT2D eigenvalue weighted by atomic mass is 9.80. The molecule has 17 heavy (non-hydrogen) atoms. The average Bonchev–Trinajstić information content (AvgIpc) is 2.27. The minimum absolute atomic E-state index is 0.202. The highest BCUT2D eigenvalue weighted by Crippen LogP contribution is 2.31. The minimum Gasteiger partial charge on any atom is -0.382 e. The van der Waals surface area contributed by atoms with Crippen LogP contribution in [0.1, 0.15) is 33.1 Å². The molecule has 0 aliphatic heterocycles. The van der Waals surface area contributed by atoms with Crippen LogP contribution in [0.15, 0.2) is 22.7 Å². The Hall–Kier alpha value is -0.570. The first kappa shape index (κ1) is 12.9. The Kier molecular flexibility index (Phi) is 4.08. The third-order valence-corrected chi connectivity index (χ3v) is 4.35. The van der Waals surface area contributed by atoms with Crippen molar-refractivity contribution in [2.24, 2.45) is 11.8 Å². The van der Waals surface area contributed by atoms with Crippen LogP contribution in [0, 0.1) is 17.7 Å². The van der Waals surface area contributed by atoms with Gasteiger partial charge in [0.05, 0.1) is 4.47 Å². The van der Waals surface area contributed by atoms with Crippen molar-refractivity contribution in [1.82, 2.24) is 0 Å². The highest BCUT2D eigenvalue weighted by molar-refractivity contribution is 9.10. The number of rotatable bonds is 2. The van der Waals surface area contributed by atoms with Crippen LogP contribution in [-0.4, -0.2) is 6.04 Å². The summed E-state index contributed by atoms with van der Waals surface area (Å²) in [6.45, 7) is 4.59. The quantitative estimate of drug-likeness (QED) is 0.825. The monoisotopic (exact) mass is 299 g/mol. The topological polar surface area (TPSA) is 12.0 Å². The first-order valence-corrected chi connectivity index (χ1v) is 7.07. The van der Waals surface area contributed by atoms with Crippen molar-refractivity contribution in [3.8, 4) is 0 Å². The third-order valence-electron chi connectivity index (χ3n) is 3.70. The van der Waals surface area contributed by atoms with Crippen LogP contribution in [0.5, 0.6) is 0 Å². The average molecular weight is 300 g/mol. The summed E-state index contributed by atoms with van der Waals surface area (Å²) < 4.78 is 13.9. The van der Waals surface area contributed by atoms with E-state index in [1.165, 1.54) is 19.3 Å². The van der Waals surface area contributed by atoms with Crippen LogP contribution in [0.4, 0.5) is 10.1 Å². The van der Waals surface area contributed by atoms with E-state index in [2.05, 4.69) is 35.1 Å². The summed E-state index contributed by atoms with van der Waals surface area (Å²) in [4.78, 5) is 0. The Bertz CT molecular complexity index is 394. The standard InChI is InChI=1S/C14H19BrFN/c1-9-3-6-14(10(2)7-9)17-11-4-5-12(15)13(16)8-11/h4-5,8-10,14,17H,3,6-7H2,1-2H3. The molecular weight excluding hydrogens is 281 g/mol. The van der Waals surface area contributed by atoms with E-state index in [0.717, 1.165) is 11.6 Å². The molecule has 0 saturated heterocycles. The van der Waals surface area contributed by atoms with Crippen molar-refractivity contribution in [2.75, 3.05) is 5.32 Å². The fourth-order valence-electron chi connectivity index (χ4n) is 2.68. The van der Waals surface area contributed by atoms with E-state index in [1.807, 2.05) is 6.07 Å². The van der Waals surface area contributed by atoms with Crippen molar-refractivity contribution in [1.29, 1.82) is 0 Å². The predicted octanol–water partition coefficient (Wildman–Crippen LogP) is 4.82. The van der Waals surface area contributed by atoms with E-state index in [1.54, 1.807) is 12.1 Å². The Labute approximate surface area is 111 Å². The second-order valence-corrected chi connectivity index (χ2v) is 6.13. The molecule has 1 saturated carbocycles. The smallest absolute Gasteiger partial charge is 0.139 e. The van der Waals surface area contributed by atoms with Crippen molar-refractivity contribution in [3.05, 3.63) is 28.5 Å². The number of hydrogen-bond donors (Lipinski definition) is 1. The van der Waals surface area contributed by atoms with Gasteiger partial charge in [-0.2, -0.15) is 0 Å². The summed E-state index contributed by atoms with van der Waals surface area (Å²) >= 11 is 3.17. The van der Waals surface area contributed by atoms with E-state index >= 15 is 0 Å². The fraction of sp³-hybridized carbons (Fsp3) is 0.571. The first-order chi connectivity index (χ1) is 8.06. The fourth-order valence-corrected chi connectivity index (χ4v) is 2.93. The number of hydrogen-bond acceptors (Lipinski definition) is 1. The van der Waals surface area contributed by atoms with Gasteiger partial charge in [0.15, 0.2) is 0 Å². The summed E-state index contributed by atoms with van der Waals surface area (Å²) in [6, 6.07) is 5.73. The summed E-state index contributed by atoms with van der Waals surface area (Å²) in [7, 11) is 0. The summed E-state index contributed by atoms with van der Waals surface area (Å²) in [5, 5.41) is 3.46. The predicted molar refractivity (Wildman–Crippen MR) is 73.7 cm³/mol. The van der Waals surface area contributed by atoms with E-state index in [0.29, 0.717) is 16.4 Å². The molecule has 1 aliphatic carbocycles. The van der Waals surface area contributed by atoms with Gasteiger partial charge >= 0.3 is 0 Å². The minimum atomic E-state index is -0.202. The number of nitrogens with one attached hydrogen (secondary N) is 1. The molecule has 1 nitrogen and oxygen atoms in total. The van der Waals surface area contributed by atoms with E-state index < -0.39 is 0 Å². The van der Waals surface area contributed by atoms with Crippen LogP contribution in [0.3, 0.4) is 0 Å². The third kappa shape index (κ3) is 3.21. The van der Waals surface area contributed by atoms with E-state index in [4.69, 9.17) is 0 Å². The number of halogens is 2. The SMILES string of the molecule is CC1CCC(Nc2ccc(Br)c(F)c2)C(C)C1. The maximum Gasteiger partial charge on any atom is 0.139 e. The molecule has 0 bridgehead atoms. The van der Waals surface area contributed by atoms with Crippen LogP contribution >= 0.6 is 15.9 Å². The van der Waals surface area contributed by atoms with Gasteiger partial charge in [0.2, 0.25) is 0 Å². The maximum absolute atomic E-state index is 13.4. The van der Waals surface area contributed by atoms with Gasteiger partial charge in [0.25, 0.3) is 0 Å². The van der Waals surface area contributed by atoms with Crippen LogP contribution in [-0.2, 0) is 0 Å². The molecule has 0 amide bonds. The molecule has 1 fully saturated rings. The van der Waals surface area contributed by atoms with Gasteiger partial charge in [0, 0.05) is 11.7 Å². The molecule has 0 aromatic heterocycles. The summed E-state index contributed by atoms with van der Waals surface area (Å²) in [6.07, 6.45) is 3.71. The van der Waals surface area contributed by atoms with Gasteiger partial charge in [-0.3, -0.25) is 0 Å². The zero-order chi connectivity index (χ0) is 12.4. The molecule has 1 aromatic rings. The van der Waals surface area contributed by atoms with Crippen LogP contribution in [0.2, 0.25) is 0 Å². The Balaban J connectivity index is 2.02. The Morgan fingerprint density at radius 3 is 2.71 bits per heavy atom. The molecule has 1 aliphatic rings. The van der Waals surface area contributed by atoms with Crippen LogP contribution < -0.4 is 5.32 Å².